The van der Waals surface area contributed by atoms with Gasteiger partial charge in [0, 0.05) is 28.5 Å². The van der Waals surface area contributed by atoms with E-state index in [1.54, 1.807) is 6.07 Å². The summed E-state index contributed by atoms with van der Waals surface area (Å²) in [6.45, 7) is 8.98. The molecule has 4 nitrogen and oxygen atoms in total. The molecule has 2 aromatic carbocycles. The molecule has 0 aliphatic carbocycles. The molecule has 28 heavy (non-hydrogen) atoms. The largest absolute Gasteiger partial charge is 0.444 e. The van der Waals surface area contributed by atoms with E-state index in [-0.39, 0.29) is 5.63 Å². The quantitative estimate of drug-likeness (QED) is 0.690. The molecule has 0 amide bonds. The minimum absolute atomic E-state index is 0.279. The van der Waals surface area contributed by atoms with Crippen molar-refractivity contribution in [2.45, 2.75) is 46.1 Å². The molecule has 0 fully saturated rings. The lowest BCUT2D eigenvalue weighted by Crippen LogP contribution is -3.12. The summed E-state index contributed by atoms with van der Waals surface area (Å²) in [4.78, 5) is 13.4. The summed E-state index contributed by atoms with van der Waals surface area (Å²) in [6, 6.07) is 14.5. The second kappa shape index (κ2) is 7.80. The Morgan fingerprint density at radius 1 is 1.18 bits per heavy atom. The number of benzene rings is 2. The first kappa shape index (κ1) is 18.8. The Labute approximate surface area is 165 Å². The van der Waals surface area contributed by atoms with E-state index in [0.717, 1.165) is 48.2 Å². The molecule has 2 atom stereocenters. The van der Waals surface area contributed by atoms with E-state index in [0.29, 0.717) is 18.2 Å². The SMILES string of the molecule is CCCc1cc(=O)oc2c(C)c3c(cc12)C[NH+](C[C@H](C)c1ccccc1)CO3. The zero-order chi connectivity index (χ0) is 19.7. The maximum absolute atomic E-state index is 12.0. The van der Waals surface area contributed by atoms with Gasteiger partial charge in [-0.25, -0.2) is 4.79 Å². The van der Waals surface area contributed by atoms with Crippen molar-refractivity contribution in [2.24, 2.45) is 0 Å². The number of ether oxygens (including phenoxy) is 1. The van der Waals surface area contributed by atoms with Crippen molar-refractivity contribution in [3.05, 3.63) is 75.1 Å². The predicted octanol–water partition coefficient (Wildman–Crippen LogP) is 3.59. The van der Waals surface area contributed by atoms with Crippen molar-refractivity contribution in [1.82, 2.24) is 0 Å². The van der Waals surface area contributed by atoms with Gasteiger partial charge in [0.2, 0.25) is 6.73 Å². The van der Waals surface area contributed by atoms with Crippen LogP contribution in [0.3, 0.4) is 0 Å². The van der Waals surface area contributed by atoms with Gasteiger partial charge in [-0.15, -0.1) is 0 Å². The van der Waals surface area contributed by atoms with Gasteiger partial charge in [-0.1, -0.05) is 50.6 Å². The van der Waals surface area contributed by atoms with Gasteiger partial charge in [0.25, 0.3) is 0 Å². The fourth-order valence-corrected chi connectivity index (χ4v) is 4.34. The van der Waals surface area contributed by atoms with Crippen LogP contribution in [0.5, 0.6) is 5.75 Å². The summed E-state index contributed by atoms with van der Waals surface area (Å²) in [5.41, 5.74) is 4.98. The molecule has 1 unspecified atom stereocenters. The van der Waals surface area contributed by atoms with Crippen molar-refractivity contribution < 1.29 is 14.1 Å². The average molecular weight is 378 g/mol. The summed E-state index contributed by atoms with van der Waals surface area (Å²) in [6.07, 6.45) is 1.87. The number of hydrogen-bond acceptors (Lipinski definition) is 3. The first-order chi connectivity index (χ1) is 13.6. The molecule has 4 heteroatoms. The Balaban J connectivity index is 1.65. The van der Waals surface area contributed by atoms with Crippen LogP contribution in [0.25, 0.3) is 11.0 Å². The predicted molar refractivity (Wildman–Crippen MR) is 111 cm³/mol. The van der Waals surface area contributed by atoms with Gasteiger partial charge in [-0.05, 0) is 30.5 Å². The third-order valence-electron chi connectivity index (χ3n) is 5.72. The highest BCUT2D eigenvalue weighted by atomic mass is 16.5. The molecular weight excluding hydrogens is 350 g/mol. The van der Waals surface area contributed by atoms with Gasteiger partial charge >= 0.3 is 5.63 Å². The molecule has 1 aromatic heterocycles. The molecule has 1 aliphatic rings. The monoisotopic (exact) mass is 378 g/mol. The first-order valence-electron chi connectivity index (χ1n) is 10.2. The molecule has 0 radical (unpaired) electrons. The van der Waals surface area contributed by atoms with Crippen molar-refractivity contribution in [1.29, 1.82) is 0 Å². The molecule has 0 saturated carbocycles. The number of quaternary nitrogens is 1. The van der Waals surface area contributed by atoms with Crippen LogP contribution in [-0.4, -0.2) is 13.3 Å². The highest BCUT2D eigenvalue weighted by Gasteiger charge is 2.26. The lowest BCUT2D eigenvalue weighted by molar-refractivity contribution is -0.933. The Morgan fingerprint density at radius 2 is 1.96 bits per heavy atom. The van der Waals surface area contributed by atoms with Crippen LogP contribution < -0.4 is 15.3 Å². The van der Waals surface area contributed by atoms with E-state index in [2.05, 4.69) is 50.2 Å². The number of aryl methyl sites for hydroxylation is 2. The number of nitrogens with one attached hydrogen (secondary N) is 1. The van der Waals surface area contributed by atoms with Crippen molar-refractivity contribution in [3.8, 4) is 5.75 Å². The normalized spacial score (nSPS) is 17.2. The van der Waals surface area contributed by atoms with Crippen LogP contribution in [0.4, 0.5) is 0 Å². The number of hydrogen-bond donors (Lipinski definition) is 1. The van der Waals surface area contributed by atoms with Gasteiger partial charge < -0.3 is 9.15 Å². The molecule has 146 valence electrons. The minimum atomic E-state index is -0.279. The van der Waals surface area contributed by atoms with Crippen molar-refractivity contribution >= 4 is 11.0 Å². The van der Waals surface area contributed by atoms with E-state index >= 15 is 0 Å². The molecule has 0 spiro atoms. The fourth-order valence-electron chi connectivity index (χ4n) is 4.34. The first-order valence-corrected chi connectivity index (χ1v) is 10.2. The van der Waals surface area contributed by atoms with Crippen LogP contribution in [0.15, 0.2) is 51.7 Å². The highest BCUT2D eigenvalue weighted by Crippen LogP contribution is 2.33. The van der Waals surface area contributed by atoms with Crippen molar-refractivity contribution in [3.63, 3.8) is 0 Å². The lowest BCUT2D eigenvalue weighted by Gasteiger charge is -2.29. The molecule has 4 rings (SSSR count). The van der Waals surface area contributed by atoms with E-state index in [1.165, 1.54) is 16.0 Å². The lowest BCUT2D eigenvalue weighted by atomic mass is 9.97. The summed E-state index contributed by atoms with van der Waals surface area (Å²) in [5, 5.41) is 1.05. The summed E-state index contributed by atoms with van der Waals surface area (Å²) in [7, 11) is 0. The number of fused-ring (bicyclic) bond motifs is 2. The topological polar surface area (TPSA) is 43.9 Å². The molecule has 1 aliphatic heterocycles. The number of rotatable bonds is 5. The van der Waals surface area contributed by atoms with Crippen LogP contribution in [0.2, 0.25) is 0 Å². The summed E-state index contributed by atoms with van der Waals surface area (Å²) < 4.78 is 11.7. The van der Waals surface area contributed by atoms with Gasteiger partial charge in [-0.3, -0.25) is 4.90 Å². The van der Waals surface area contributed by atoms with Crippen molar-refractivity contribution in [2.75, 3.05) is 13.3 Å². The van der Waals surface area contributed by atoms with Crippen LogP contribution in [-0.2, 0) is 13.0 Å². The van der Waals surface area contributed by atoms with Gasteiger partial charge in [0.05, 0.1) is 6.54 Å². The summed E-state index contributed by atoms with van der Waals surface area (Å²) in [5.74, 6) is 1.36. The Hall–Kier alpha value is -2.59. The fraction of sp³-hybridized carbons (Fsp3) is 0.375. The van der Waals surface area contributed by atoms with Gasteiger partial charge in [0.1, 0.15) is 17.9 Å². The Morgan fingerprint density at radius 3 is 2.71 bits per heavy atom. The average Bonchev–Trinajstić information content (AvgIpc) is 2.70. The summed E-state index contributed by atoms with van der Waals surface area (Å²) >= 11 is 0. The minimum Gasteiger partial charge on any atom is -0.444 e. The van der Waals surface area contributed by atoms with E-state index in [4.69, 9.17) is 9.15 Å². The second-order valence-corrected chi connectivity index (χ2v) is 7.94. The maximum atomic E-state index is 12.0. The zero-order valence-corrected chi connectivity index (χ0v) is 16.9. The van der Waals surface area contributed by atoms with Crippen LogP contribution in [0.1, 0.15) is 48.4 Å². The second-order valence-electron chi connectivity index (χ2n) is 7.94. The maximum Gasteiger partial charge on any atom is 0.336 e. The molecule has 3 aromatic rings. The smallest absolute Gasteiger partial charge is 0.336 e. The Kier molecular flexibility index (Phi) is 5.23. The zero-order valence-electron chi connectivity index (χ0n) is 16.9. The van der Waals surface area contributed by atoms with E-state index in [1.807, 2.05) is 6.92 Å². The third-order valence-corrected chi connectivity index (χ3v) is 5.72. The van der Waals surface area contributed by atoms with E-state index in [9.17, 15) is 4.79 Å². The van der Waals surface area contributed by atoms with Gasteiger partial charge in [-0.2, -0.15) is 0 Å². The standard InChI is InChI=1S/C24H27NO3/c1-4-8-19-12-22(26)28-24-17(3)23-20(11-21(19)24)14-25(15-27-23)13-16(2)18-9-6-5-7-10-18/h5-7,9-12,16H,4,8,13-15H2,1-3H3/p+1/t16-/m0/s1. The highest BCUT2D eigenvalue weighted by molar-refractivity contribution is 5.86. The molecular formula is C24H28NO3+. The van der Waals surface area contributed by atoms with E-state index < -0.39 is 0 Å². The molecule has 0 saturated heterocycles. The Bertz CT molecular complexity index is 1040. The molecule has 1 N–H and O–H groups in total. The van der Waals surface area contributed by atoms with Crippen LogP contribution in [0, 0.1) is 6.92 Å². The third kappa shape index (κ3) is 3.57. The van der Waals surface area contributed by atoms with Gasteiger partial charge in [0.15, 0.2) is 0 Å². The molecule has 0 bridgehead atoms. The molecule has 2 heterocycles. The van der Waals surface area contributed by atoms with Crippen LogP contribution >= 0.6 is 0 Å².